The van der Waals surface area contributed by atoms with Crippen molar-refractivity contribution in [2.24, 2.45) is 0 Å². The molecule has 3 heteroatoms. The lowest BCUT2D eigenvalue weighted by molar-refractivity contribution is -0.107. The van der Waals surface area contributed by atoms with Gasteiger partial charge < -0.3 is 15.0 Å². The van der Waals surface area contributed by atoms with E-state index in [9.17, 15) is 4.79 Å². The van der Waals surface area contributed by atoms with Crippen LogP contribution in [0.15, 0.2) is 0 Å². The Morgan fingerprint density at radius 2 is 2.22 bits per heavy atom. The van der Waals surface area contributed by atoms with Crippen molar-refractivity contribution in [3.63, 3.8) is 0 Å². The second-order valence-corrected chi connectivity index (χ2v) is 2.17. The van der Waals surface area contributed by atoms with Gasteiger partial charge in [0.15, 0.2) is 0 Å². The van der Waals surface area contributed by atoms with Crippen LogP contribution in [0.25, 0.3) is 0 Å². The summed E-state index contributed by atoms with van der Waals surface area (Å²) in [6.45, 7) is 2.33. The smallest absolute Gasteiger partial charge is 0.133 e. The number of hydrogen-bond acceptors (Lipinski definition) is 3. The summed E-state index contributed by atoms with van der Waals surface area (Å²) in [5.41, 5.74) is 0. The molecule has 3 nitrogen and oxygen atoms in total. The number of hydrogen-bond donors (Lipinski definition) is 1. The van der Waals surface area contributed by atoms with Gasteiger partial charge in [-0.15, -0.1) is 0 Å². The van der Waals surface area contributed by atoms with Crippen LogP contribution in [0.4, 0.5) is 0 Å². The molecule has 0 aromatic carbocycles. The van der Waals surface area contributed by atoms with Crippen molar-refractivity contribution in [2.75, 3.05) is 33.7 Å². The van der Waals surface area contributed by atoms with Crippen molar-refractivity contribution < 1.29 is 4.79 Å². The third-order valence-electron chi connectivity index (χ3n) is 0.963. The van der Waals surface area contributed by atoms with Crippen LogP contribution in [0.5, 0.6) is 0 Å². The molecule has 0 rings (SSSR count). The molecule has 0 amide bonds. The standard InChI is InChI=1S/C6H14N2O/c1-8(2)5-3-7-4-6-9/h6-7H,3-5H2,1-2H3. The Hall–Kier alpha value is -0.410. The normalized spacial score (nSPS) is 10.1. The van der Waals surface area contributed by atoms with Gasteiger partial charge in [-0.3, -0.25) is 0 Å². The highest BCUT2D eigenvalue weighted by atomic mass is 16.1. The summed E-state index contributed by atoms with van der Waals surface area (Å²) in [5.74, 6) is 0. The molecule has 0 saturated carbocycles. The quantitative estimate of drug-likeness (QED) is 0.396. The molecule has 0 aromatic rings. The van der Waals surface area contributed by atoms with Crippen molar-refractivity contribution in [1.82, 2.24) is 10.2 Å². The lowest BCUT2D eigenvalue weighted by Crippen LogP contribution is -2.27. The lowest BCUT2D eigenvalue weighted by atomic mass is 10.5. The van der Waals surface area contributed by atoms with Crippen LogP contribution in [0.1, 0.15) is 0 Å². The number of carbonyl (C=O) groups excluding carboxylic acids is 1. The Kier molecular flexibility index (Phi) is 5.46. The van der Waals surface area contributed by atoms with Gasteiger partial charge in [0.2, 0.25) is 0 Å². The largest absolute Gasteiger partial charge is 0.309 e. The Bertz CT molecular complexity index is 73.5. The predicted octanol–water partition coefficient (Wildman–Crippen LogP) is -0.663. The molecule has 0 bridgehead atoms. The van der Waals surface area contributed by atoms with E-state index >= 15 is 0 Å². The third kappa shape index (κ3) is 7.59. The average molecular weight is 130 g/mol. The van der Waals surface area contributed by atoms with Gasteiger partial charge in [0.05, 0.1) is 6.54 Å². The van der Waals surface area contributed by atoms with Gasteiger partial charge in [0.25, 0.3) is 0 Å². The molecule has 0 atom stereocenters. The first-order valence-electron chi connectivity index (χ1n) is 3.06. The number of rotatable bonds is 5. The van der Waals surface area contributed by atoms with Crippen LogP contribution in [0.3, 0.4) is 0 Å². The van der Waals surface area contributed by atoms with Crippen molar-refractivity contribution in [3.05, 3.63) is 0 Å². The molecule has 54 valence electrons. The summed E-state index contributed by atoms with van der Waals surface area (Å²) in [4.78, 5) is 11.8. The topological polar surface area (TPSA) is 32.3 Å². The molecular formula is C6H14N2O. The molecule has 0 aliphatic carbocycles. The fraction of sp³-hybridized carbons (Fsp3) is 0.833. The summed E-state index contributed by atoms with van der Waals surface area (Å²) < 4.78 is 0. The van der Waals surface area contributed by atoms with E-state index < -0.39 is 0 Å². The Morgan fingerprint density at radius 1 is 1.56 bits per heavy atom. The molecule has 0 unspecified atom stereocenters. The Morgan fingerprint density at radius 3 is 2.67 bits per heavy atom. The molecule has 9 heavy (non-hydrogen) atoms. The number of aldehydes is 1. The van der Waals surface area contributed by atoms with E-state index in [1.165, 1.54) is 0 Å². The van der Waals surface area contributed by atoms with E-state index in [1.54, 1.807) is 0 Å². The van der Waals surface area contributed by atoms with Gasteiger partial charge in [-0.1, -0.05) is 0 Å². The number of nitrogens with zero attached hydrogens (tertiary/aromatic N) is 1. The molecule has 0 aromatic heterocycles. The highest BCUT2D eigenvalue weighted by Crippen LogP contribution is 1.68. The zero-order valence-electron chi connectivity index (χ0n) is 6.05. The Balaban J connectivity index is 2.82. The van der Waals surface area contributed by atoms with Crippen molar-refractivity contribution in [3.8, 4) is 0 Å². The third-order valence-corrected chi connectivity index (χ3v) is 0.963. The maximum Gasteiger partial charge on any atom is 0.133 e. The number of carbonyl (C=O) groups is 1. The van der Waals surface area contributed by atoms with Crippen molar-refractivity contribution in [1.29, 1.82) is 0 Å². The van der Waals surface area contributed by atoms with E-state index in [2.05, 4.69) is 10.2 Å². The SMILES string of the molecule is CN(C)CCNCC=O. The number of nitrogens with one attached hydrogen (secondary N) is 1. The van der Waals surface area contributed by atoms with Gasteiger partial charge >= 0.3 is 0 Å². The zero-order chi connectivity index (χ0) is 7.11. The summed E-state index contributed by atoms with van der Waals surface area (Å²) in [7, 11) is 4.01. The molecule has 1 N–H and O–H groups in total. The highest BCUT2D eigenvalue weighted by Gasteiger charge is 1.86. The first-order chi connectivity index (χ1) is 4.27. The van der Waals surface area contributed by atoms with Crippen LogP contribution in [0, 0.1) is 0 Å². The molecule has 0 radical (unpaired) electrons. The maximum atomic E-state index is 9.77. The first-order valence-corrected chi connectivity index (χ1v) is 3.06. The van der Waals surface area contributed by atoms with Crippen LogP contribution in [-0.4, -0.2) is 44.9 Å². The van der Waals surface area contributed by atoms with Crippen molar-refractivity contribution in [2.45, 2.75) is 0 Å². The van der Waals surface area contributed by atoms with E-state index in [-0.39, 0.29) is 0 Å². The predicted molar refractivity (Wildman–Crippen MR) is 37.5 cm³/mol. The first kappa shape index (κ1) is 8.59. The van der Waals surface area contributed by atoms with Crippen LogP contribution >= 0.6 is 0 Å². The molecule has 0 heterocycles. The van der Waals surface area contributed by atoms with Gasteiger partial charge in [0.1, 0.15) is 6.29 Å². The lowest BCUT2D eigenvalue weighted by Gasteiger charge is -2.07. The highest BCUT2D eigenvalue weighted by molar-refractivity contribution is 5.51. The second kappa shape index (κ2) is 5.72. The maximum absolute atomic E-state index is 9.77. The fourth-order valence-electron chi connectivity index (χ4n) is 0.464. The van der Waals surface area contributed by atoms with Crippen LogP contribution < -0.4 is 5.32 Å². The van der Waals surface area contributed by atoms with E-state index in [0.29, 0.717) is 6.54 Å². The molecule has 0 aliphatic heterocycles. The molecule has 0 spiro atoms. The summed E-state index contributed by atoms with van der Waals surface area (Å²) >= 11 is 0. The van der Waals surface area contributed by atoms with E-state index in [4.69, 9.17) is 0 Å². The van der Waals surface area contributed by atoms with Gasteiger partial charge in [-0.25, -0.2) is 0 Å². The van der Waals surface area contributed by atoms with Gasteiger partial charge in [0, 0.05) is 13.1 Å². The molecule has 0 aliphatic rings. The minimum absolute atomic E-state index is 0.466. The van der Waals surface area contributed by atoms with Crippen LogP contribution in [0.2, 0.25) is 0 Å². The summed E-state index contributed by atoms with van der Waals surface area (Å²) in [6, 6.07) is 0. The van der Waals surface area contributed by atoms with Gasteiger partial charge in [-0.2, -0.15) is 0 Å². The minimum Gasteiger partial charge on any atom is -0.309 e. The summed E-state index contributed by atoms with van der Waals surface area (Å²) in [5, 5.41) is 2.96. The molecule has 0 fully saturated rings. The monoisotopic (exact) mass is 130 g/mol. The molecular weight excluding hydrogens is 116 g/mol. The minimum atomic E-state index is 0.466. The Labute approximate surface area is 56.0 Å². The summed E-state index contributed by atoms with van der Waals surface area (Å²) in [6.07, 6.45) is 0.871. The average Bonchev–Trinajstić information content (AvgIpc) is 1.80. The fourth-order valence-corrected chi connectivity index (χ4v) is 0.464. The van der Waals surface area contributed by atoms with E-state index in [1.807, 2.05) is 14.1 Å². The van der Waals surface area contributed by atoms with Crippen molar-refractivity contribution >= 4 is 6.29 Å². The van der Waals surface area contributed by atoms with E-state index in [0.717, 1.165) is 19.4 Å². The zero-order valence-corrected chi connectivity index (χ0v) is 6.05. The van der Waals surface area contributed by atoms with Gasteiger partial charge in [-0.05, 0) is 14.1 Å². The van der Waals surface area contributed by atoms with Crippen LogP contribution in [-0.2, 0) is 4.79 Å². The number of likely N-dealkylation sites (N-methyl/N-ethyl adjacent to an activating group) is 1. The molecule has 0 saturated heterocycles. The second-order valence-electron chi connectivity index (χ2n) is 2.17.